The molecule has 1 saturated heterocycles. The molecule has 7 nitrogen and oxygen atoms in total. The Morgan fingerprint density at radius 2 is 1.76 bits per heavy atom. The van der Waals surface area contributed by atoms with Gasteiger partial charge < -0.3 is 20.4 Å². The number of carbonyl (C=O) groups excluding carboxylic acids is 2. The van der Waals surface area contributed by atoms with Crippen LogP contribution in [0.3, 0.4) is 0 Å². The molecule has 8 heteroatoms. The molecule has 0 atom stereocenters. The van der Waals surface area contributed by atoms with Crippen LogP contribution >= 0.6 is 0 Å². The Morgan fingerprint density at radius 1 is 1.16 bits per heavy atom. The van der Waals surface area contributed by atoms with Crippen molar-refractivity contribution < 1.29 is 29.0 Å². The number of likely N-dealkylation sites (tertiary alicyclic amines) is 1. The van der Waals surface area contributed by atoms with Crippen LogP contribution in [0.15, 0.2) is 24.3 Å². The molecule has 1 aromatic carbocycles. The number of ketones is 1. The molecule has 0 saturated carbocycles. The van der Waals surface area contributed by atoms with Crippen LogP contribution in [0.25, 0.3) is 0 Å². The summed E-state index contributed by atoms with van der Waals surface area (Å²) in [5.41, 5.74) is -1.17. The van der Waals surface area contributed by atoms with E-state index >= 15 is 0 Å². The molecule has 1 aromatic rings. The van der Waals surface area contributed by atoms with Gasteiger partial charge in [-0.25, -0.2) is 9.18 Å². The molecule has 2 rings (SSSR count). The molecule has 136 valence electrons. The zero-order valence-corrected chi connectivity index (χ0v) is 13.7. The third-order valence-corrected chi connectivity index (χ3v) is 4.32. The summed E-state index contributed by atoms with van der Waals surface area (Å²) < 4.78 is 12.8. The van der Waals surface area contributed by atoms with E-state index in [4.69, 9.17) is 5.11 Å². The van der Waals surface area contributed by atoms with Crippen LogP contribution in [-0.4, -0.2) is 58.1 Å². The Kier molecular flexibility index (Phi) is 6.08. The normalized spacial score (nSPS) is 16.3. The molecular weight excluding hydrogens is 331 g/mol. The number of carboxylic acid groups (broad SMARTS) is 1. The summed E-state index contributed by atoms with van der Waals surface area (Å²) in [5, 5.41) is 21.8. The number of piperidine rings is 1. The number of halogens is 1. The monoisotopic (exact) mass is 352 g/mol. The summed E-state index contributed by atoms with van der Waals surface area (Å²) in [5.74, 6) is -1.11. The van der Waals surface area contributed by atoms with Crippen molar-refractivity contribution in [3.8, 4) is 0 Å². The van der Waals surface area contributed by atoms with Crippen molar-refractivity contribution in [2.75, 3.05) is 19.6 Å². The first-order chi connectivity index (χ1) is 11.8. The zero-order valence-electron chi connectivity index (χ0n) is 13.7. The van der Waals surface area contributed by atoms with Gasteiger partial charge in [0.25, 0.3) is 5.91 Å². The fourth-order valence-electron chi connectivity index (χ4n) is 2.69. The minimum atomic E-state index is -1.58. The number of hydrogen-bond donors (Lipinski definition) is 3. The van der Waals surface area contributed by atoms with Crippen LogP contribution in [0.5, 0.6) is 0 Å². The van der Waals surface area contributed by atoms with Crippen LogP contribution in [0.4, 0.5) is 9.18 Å². The van der Waals surface area contributed by atoms with Crippen molar-refractivity contribution in [1.82, 2.24) is 10.2 Å². The maximum Gasteiger partial charge on any atom is 0.407 e. The maximum absolute atomic E-state index is 12.8. The Hall–Kier alpha value is -2.48. The first-order valence-electron chi connectivity index (χ1n) is 8.09. The van der Waals surface area contributed by atoms with Gasteiger partial charge in [-0.1, -0.05) is 0 Å². The molecule has 1 aliphatic rings. The number of benzene rings is 1. The van der Waals surface area contributed by atoms with Crippen LogP contribution in [0.2, 0.25) is 0 Å². The summed E-state index contributed by atoms with van der Waals surface area (Å²) in [7, 11) is 0. The lowest BCUT2D eigenvalue weighted by molar-refractivity contribution is -0.144. The molecule has 0 bridgehead atoms. The van der Waals surface area contributed by atoms with Crippen molar-refractivity contribution in [2.45, 2.75) is 31.3 Å². The van der Waals surface area contributed by atoms with Gasteiger partial charge in [-0.05, 0) is 30.7 Å². The second-order valence-corrected chi connectivity index (χ2v) is 6.09. The minimum Gasteiger partial charge on any atom is -0.465 e. The van der Waals surface area contributed by atoms with E-state index in [0.29, 0.717) is 12.0 Å². The molecule has 0 aliphatic carbocycles. The minimum absolute atomic E-state index is 0.0413. The van der Waals surface area contributed by atoms with E-state index in [0.717, 1.165) is 4.90 Å². The van der Waals surface area contributed by atoms with E-state index in [1.165, 1.54) is 24.3 Å². The largest absolute Gasteiger partial charge is 0.465 e. The quantitative estimate of drug-likeness (QED) is 0.530. The van der Waals surface area contributed by atoms with E-state index in [2.05, 4.69) is 5.32 Å². The van der Waals surface area contributed by atoms with E-state index in [1.807, 2.05) is 0 Å². The average molecular weight is 352 g/mol. The standard InChI is InChI=1S/C17H21FN2O5/c18-13-5-3-12(4-6-13)14(21)2-1-9-19-15(22)17(25)7-10-20(11-8-17)16(23)24/h3-6,25H,1-2,7-11H2,(H,19,22)(H,23,24). The number of nitrogens with one attached hydrogen (secondary N) is 1. The highest BCUT2D eigenvalue weighted by Gasteiger charge is 2.40. The SMILES string of the molecule is O=C(CCCNC(=O)C1(O)CCN(C(=O)O)CC1)c1ccc(F)cc1. The lowest BCUT2D eigenvalue weighted by atomic mass is 9.90. The van der Waals surface area contributed by atoms with Gasteiger partial charge in [-0.15, -0.1) is 0 Å². The first-order valence-corrected chi connectivity index (χ1v) is 8.09. The number of carbonyl (C=O) groups is 3. The van der Waals surface area contributed by atoms with Gasteiger partial charge in [-0.3, -0.25) is 9.59 Å². The molecule has 0 unspecified atom stereocenters. The second kappa shape index (κ2) is 8.06. The lowest BCUT2D eigenvalue weighted by Crippen LogP contribution is -2.54. The molecule has 0 spiro atoms. The molecule has 3 N–H and O–H groups in total. The van der Waals surface area contributed by atoms with Gasteiger partial charge in [0.15, 0.2) is 5.78 Å². The van der Waals surface area contributed by atoms with Gasteiger partial charge in [0, 0.05) is 44.5 Å². The Labute approximate surface area is 144 Å². The van der Waals surface area contributed by atoms with E-state index in [1.54, 1.807) is 0 Å². The summed E-state index contributed by atoms with van der Waals surface area (Å²) >= 11 is 0. The van der Waals surface area contributed by atoms with Crippen molar-refractivity contribution >= 4 is 17.8 Å². The van der Waals surface area contributed by atoms with Gasteiger partial charge in [0.1, 0.15) is 11.4 Å². The summed E-state index contributed by atoms with van der Waals surface area (Å²) in [6.45, 7) is 0.418. The highest BCUT2D eigenvalue weighted by atomic mass is 19.1. The number of hydrogen-bond acceptors (Lipinski definition) is 4. The van der Waals surface area contributed by atoms with Gasteiger partial charge in [-0.2, -0.15) is 0 Å². The predicted octanol–water partition coefficient (Wildman–Crippen LogP) is 1.41. The molecule has 1 heterocycles. The number of nitrogens with zero attached hydrogens (tertiary/aromatic N) is 1. The second-order valence-electron chi connectivity index (χ2n) is 6.09. The van der Waals surface area contributed by atoms with Gasteiger partial charge >= 0.3 is 6.09 Å². The van der Waals surface area contributed by atoms with E-state index in [9.17, 15) is 23.9 Å². The van der Waals surface area contributed by atoms with Crippen LogP contribution in [0.1, 0.15) is 36.0 Å². The predicted molar refractivity (Wildman–Crippen MR) is 86.8 cm³/mol. The number of Topliss-reactive ketones (excluding diaryl/α,β-unsaturated/α-hetero) is 1. The zero-order chi connectivity index (χ0) is 18.4. The van der Waals surface area contributed by atoms with Gasteiger partial charge in [0.2, 0.25) is 0 Å². The Balaban J connectivity index is 1.72. The third kappa shape index (κ3) is 4.99. The number of aliphatic hydroxyl groups is 1. The molecule has 1 aliphatic heterocycles. The maximum atomic E-state index is 12.8. The van der Waals surface area contributed by atoms with Crippen molar-refractivity contribution in [3.63, 3.8) is 0 Å². The summed E-state index contributed by atoms with van der Waals surface area (Å²) in [6, 6.07) is 5.26. The summed E-state index contributed by atoms with van der Waals surface area (Å²) in [4.78, 5) is 36.0. The van der Waals surface area contributed by atoms with Crippen molar-refractivity contribution in [2.24, 2.45) is 0 Å². The molecule has 0 radical (unpaired) electrons. The van der Waals surface area contributed by atoms with Crippen molar-refractivity contribution in [1.29, 1.82) is 0 Å². The highest BCUT2D eigenvalue weighted by Crippen LogP contribution is 2.22. The Bertz CT molecular complexity index is 639. The van der Waals surface area contributed by atoms with E-state index < -0.39 is 23.4 Å². The molecule has 2 amide bonds. The van der Waals surface area contributed by atoms with Crippen LogP contribution in [0, 0.1) is 5.82 Å². The summed E-state index contributed by atoms with van der Waals surface area (Å²) in [6.07, 6.45) is -0.405. The first kappa shape index (κ1) is 18.9. The molecule has 1 fully saturated rings. The van der Waals surface area contributed by atoms with Crippen LogP contribution < -0.4 is 5.32 Å². The van der Waals surface area contributed by atoms with E-state index in [-0.39, 0.29) is 44.7 Å². The fraction of sp³-hybridized carbons (Fsp3) is 0.471. The average Bonchev–Trinajstić information content (AvgIpc) is 2.59. The topological polar surface area (TPSA) is 107 Å². The lowest BCUT2D eigenvalue weighted by Gasteiger charge is -2.35. The van der Waals surface area contributed by atoms with Crippen molar-refractivity contribution in [3.05, 3.63) is 35.6 Å². The molecule has 25 heavy (non-hydrogen) atoms. The third-order valence-electron chi connectivity index (χ3n) is 4.32. The van der Waals surface area contributed by atoms with Crippen LogP contribution in [-0.2, 0) is 4.79 Å². The Morgan fingerprint density at radius 3 is 2.32 bits per heavy atom. The molecule has 0 aromatic heterocycles. The number of amides is 2. The number of rotatable bonds is 6. The fourth-order valence-corrected chi connectivity index (χ4v) is 2.69. The smallest absolute Gasteiger partial charge is 0.407 e. The molecular formula is C17H21FN2O5. The van der Waals surface area contributed by atoms with Gasteiger partial charge in [0.05, 0.1) is 0 Å². The highest BCUT2D eigenvalue weighted by molar-refractivity contribution is 5.96.